The Kier molecular flexibility index (Phi) is 2.60. The predicted molar refractivity (Wildman–Crippen MR) is 43.4 cm³/mol. The first-order valence-corrected chi connectivity index (χ1v) is 4.27. The molecule has 7 heteroatoms. The van der Waals surface area contributed by atoms with E-state index in [1.165, 1.54) is 0 Å². The minimum Gasteiger partial charge on any atom is -0.313 e. The zero-order chi connectivity index (χ0) is 9.97. The SMILES string of the molecule is Fc1nc(F)nc(C2CNCCN2)n1. The summed E-state index contributed by atoms with van der Waals surface area (Å²) < 4.78 is 25.3. The van der Waals surface area contributed by atoms with Gasteiger partial charge in [-0.2, -0.15) is 23.7 Å². The van der Waals surface area contributed by atoms with E-state index in [0.29, 0.717) is 6.54 Å². The molecule has 0 spiro atoms. The molecular weight excluding hydrogens is 192 g/mol. The highest BCUT2D eigenvalue weighted by atomic mass is 19.1. The minimum absolute atomic E-state index is 0.0993. The van der Waals surface area contributed by atoms with Crippen molar-refractivity contribution in [1.29, 1.82) is 0 Å². The summed E-state index contributed by atoms with van der Waals surface area (Å²) in [5.41, 5.74) is 0. The molecule has 2 rings (SSSR count). The zero-order valence-electron chi connectivity index (χ0n) is 7.30. The van der Waals surface area contributed by atoms with Crippen LogP contribution in [-0.4, -0.2) is 34.6 Å². The topological polar surface area (TPSA) is 62.7 Å². The summed E-state index contributed by atoms with van der Waals surface area (Å²) in [6, 6.07) is -0.254. The molecule has 1 aliphatic heterocycles. The molecule has 14 heavy (non-hydrogen) atoms. The van der Waals surface area contributed by atoms with E-state index in [9.17, 15) is 8.78 Å². The van der Waals surface area contributed by atoms with Crippen LogP contribution in [0.2, 0.25) is 0 Å². The molecule has 2 N–H and O–H groups in total. The lowest BCUT2D eigenvalue weighted by molar-refractivity contribution is 0.382. The van der Waals surface area contributed by atoms with Gasteiger partial charge in [-0.25, -0.2) is 0 Å². The highest BCUT2D eigenvalue weighted by molar-refractivity contribution is 4.96. The molecule has 0 radical (unpaired) electrons. The second-order valence-electron chi connectivity index (χ2n) is 2.94. The van der Waals surface area contributed by atoms with E-state index in [1.807, 2.05) is 0 Å². The van der Waals surface area contributed by atoms with Crippen LogP contribution in [0.25, 0.3) is 0 Å². The fourth-order valence-electron chi connectivity index (χ4n) is 1.33. The normalized spacial score (nSPS) is 22.3. The van der Waals surface area contributed by atoms with Gasteiger partial charge in [-0.15, -0.1) is 0 Å². The van der Waals surface area contributed by atoms with E-state index in [0.717, 1.165) is 13.1 Å². The van der Waals surface area contributed by atoms with Gasteiger partial charge in [0.2, 0.25) is 0 Å². The molecule has 1 aliphatic rings. The molecule has 1 aromatic rings. The standard InChI is InChI=1S/C7H9F2N5/c8-6-12-5(13-7(9)14-6)4-3-10-1-2-11-4/h4,10-11H,1-3H2. The van der Waals surface area contributed by atoms with Crippen molar-refractivity contribution in [2.75, 3.05) is 19.6 Å². The molecule has 1 atom stereocenters. The predicted octanol–water partition coefficient (Wildman–Crippen LogP) is -0.616. The number of halogens is 2. The first kappa shape index (κ1) is 9.35. The lowest BCUT2D eigenvalue weighted by atomic mass is 10.2. The van der Waals surface area contributed by atoms with Crippen molar-refractivity contribution in [1.82, 2.24) is 25.6 Å². The largest absolute Gasteiger partial charge is 0.314 e. The molecule has 2 heterocycles. The average molecular weight is 201 g/mol. The van der Waals surface area contributed by atoms with E-state index in [1.54, 1.807) is 0 Å². The van der Waals surface area contributed by atoms with Gasteiger partial charge in [0, 0.05) is 19.6 Å². The molecule has 0 aromatic carbocycles. The molecule has 0 amide bonds. The number of hydrogen-bond donors (Lipinski definition) is 2. The number of piperazine rings is 1. The van der Waals surface area contributed by atoms with E-state index in [2.05, 4.69) is 25.6 Å². The van der Waals surface area contributed by atoms with Gasteiger partial charge in [0.15, 0.2) is 5.82 Å². The van der Waals surface area contributed by atoms with Crippen LogP contribution >= 0.6 is 0 Å². The maximum absolute atomic E-state index is 12.6. The van der Waals surface area contributed by atoms with Gasteiger partial charge in [-0.1, -0.05) is 0 Å². The Balaban J connectivity index is 2.21. The second-order valence-corrected chi connectivity index (χ2v) is 2.94. The molecule has 0 aliphatic carbocycles. The molecule has 1 unspecified atom stereocenters. The number of nitrogens with one attached hydrogen (secondary N) is 2. The maximum atomic E-state index is 12.6. The van der Waals surface area contributed by atoms with Crippen LogP contribution in [0.3, 0.4) is 0 Å². The molecular formula is C7H9F2N5. The van der Waals surface area contributed by atoms with Crippen LogP contribution in [0.15, 0.2) is 0 Å². The Morgan fingerprint density at radius 2 is 1.79 bits per heavy atom. The molecule has 76 valence electrons. The Labute approximate surface area is 79.0 Å². The van der Waals surface area contributed by atoms with E-state index < -0.39 is 12.2 Å². The van der Waals surface area contributed by atoms with Crippen molar-refractivity contribution < 1.29 is 8.78 Å². The van der Waals surface area contributed by atoms with Gasteiger partial charge in [0.1, 0.15) is 0 Å². The Bertz CT molecular complexity index is 306. The summed E-state index contributed by atoms with van der Waals surface area (Å²) in [6.45, 7) is 2.11. The summed E-state index contributed by atoms with van der Waals surface area (Å²) >= 11 is 0. The summed E-state index contributed by atoms with van der Waals surface area (Å²) in [7, 11) is 0. The lowest BCUT2D eigenvalue weighted by Crippen LogP contribution is -2.43. The van der Waals surface area contributed by atoms with Crippen molar-refractivity contribution in [2.24, 2.45) is 0 Å². The summed E-state index contributed by atoms with van der Waals surface area (Å²) in [5, 5.41) is 6.11. The van der Waals surface area contributed by atoms with Gasteiger partial charge >= 0.3 is 12.2 Å². The van der Waals surface area contributed by atoms with Crippen molar-refractivity contribution in [3.05, 3.63) is 18.0 Å². The zero-order valence-corrected chi connectivity index (χ0v) is 7.30. The van der Waals surface area contributed by atoms with E-state index >= 15 is 0 Å². The van der Waals surface area contributed by atoms with Crippen LogP contribution in [-0.2, 0) is 0 Å². The van der Waals surface area contributed by atoms with Crippen LogP contribution in [0.1, 0.15) is 11.9 Å². The quantitative estimate of drug-likeness (QED) is 0.634. The third-order valence-electron chi connectivity index (χ3n) is 1.95. The fourth-order valence-corrected chi connectivity index (χ4v) is 1.33. The molecule has 0 saturated carbocycles. The van der Waals surface area contributed by atoms with Gasteiger partial charge < -0.3 is 10.6 Å². The monoisotopic (exact) mass is 201 g/mol. The number of rotatable bonds is 1. The lowest BCUT2D eigenvalue weighted by Gasteiger charge is -2.22. The van der Waals surface area contributed by atoms with Crippen molar-refractivity contribution >= 4 is 0 Å². The van der Waals surface area contributed by atoms with E-state index in [4.69, 9.17) is 0 Å². The third kappa shape index (κ3) is 1.99. The first-order valence-electron chi connectivity index (χ1n) is 4.27. The second kappa shape index (κ2) is 3.89. The maximum Gasteiger partial charge on any atom is 0.314 e. The summed E-state index contributed by atoms with van der Waals surface area (Å²) in [5.74, 6) is 0.0993. The van der Waals surface area contributed by atoms with Crippen LogP contribution < -0.4 is 10.6 Å². The Morgan fingerprint density at radius 1 is 1.07 bits per heavy atom. The summed E-state index contributed by atoms with van der Waals surface area (Å²) in [6.07, 6.45) is -2.17. The van der Waals surface area contributed by atoms with Crippen LogP contribution in [0.5, 0.6) is 0 Å². The fraction of sp³-hybridized carbons (Fsp3) is 0.571. The molecule has 1 aromatic heterocycles. The van der Waals surface area contributed by atoms with Crippen molar-refractivity contribution in [2.45, 2.75) is 6.04 Å². The van der Waals surface area contributed by atoms with Gasteiger partial charge in [0.25, 0.3) is 0 Å². The highest BCUT2D eigenvalue weighted by Crippen LogP contribution is 2.08. The molecule has 1 fully saturated rings. The third-order valence-corrected chi connectivity index (χ3v) is 1.95. The molecule has 0 bridgehead atoms. The van der Waals surface area contributed by atoms with Crippen molar-refractivity contribution in [3.63, 3.8) is 0 Å². The Hall–Kier alpha value is -1.21. The number of nitrogens with zero attached hydrogens (tertiary/aromatic N) is 3. The smallest absolute Gasteiger partial charge is 0.313 e. The van der Waals surface area contributed by atoms with Gasteiger partial charge in [-0.05, 0) is 0 Å². The van der Waals surface area contributed by atoms with Gasteiger partial charge in [0.05, 0.1) is 6.04 Å². The summed E-state index contributed by atoms with van der Waals surface area (Å²) in [4.78, 5) is 9.68. The molecule has 5 nitrogen and oxygen atoms in total. The van der Waals surface area contributed by atoms with Crippen LogP contribution in [0, 0.1) is 12.2 Å². The Morgan fingerprint density at radius 3 is 2.36 bits per heavy atom. The first-order chi connectivity index (χ1) is 6.75. The number of hydrogen-bond acceptors (Lipinski definition) is 5. The van der Waals surface area contributed by atoms with Gasteiger partial charge in [-0.3, -0.25) is 0 Å². The minimum atomic E-state index is -1.08. The van der Waals surface area contributed by atoms with E-state index in [-0.39, 0.29) is 11.9 Å². The average Bonchev–Trinajstić information content (AvgIpc) is 2.18. The molecule has 1 saturated heterocycles. The highest BCUT2D eigenvalue weighted by Gasteiger charge is 2.19. The van der Waals surface area contributed by atoms with Crippen molar-refractivity contribution in [3.8, 4) is 0 Å². The number of aromatic nitrogens is 3. The van der Waals surface area contributed by atoms with Crippen LogP contribution in [0.4, 0.5) is 8.78 Å².